The molecule has 1 saturated heterocycles. The predicted octanol–water partition coefficient (Wildman–Crippen LogP) is 1.80. The topological polar surface area (TPSA) is 37.4 Å². The van der Waals surface area contributed by atoms with E-state index in [9.17, 15) is 9.59 Å². The summed E-state index contributed by atoms with van der Waals surface area (Å²) >= 11 is 3.27. The summed E-state index contributed by atoms with van der Waals surface area (Å²) in [6, 6.07) is 0. The zero-order valence-corrected chi connectivity index (χ0v) is 10.5. The third kappa shape index (κ3) is 1.73. The van der Waals surface area contributed by atoms with Crippen molar-refractivity contribution in [2.45, 2.75) is 26.2 Å². The van der Waals surface area contributed by atoms with Crippen molar-refractivity contribution in [2.75, 3.05) is 11.9 Å². The summed E-state index contributed by atoms with van der Waals surface area (Å²) in [5.74, 6) is 0.725. The van der Waals surface area contributed by atoms with Crippen LogP contribution in [0.15, 0.2) is 0 Å². The molecule has 0 bridgehead atoms. The van der Waals surface area contributed by atoms with Crippen LogP contribution in [0.2, 0.25) is 0 Å². The van der Waals surface area contributed by atoms with E-state index in [1.165, 1.54) is 4.90 Å². The normalized spacial score (nSPS) is 35.1. The van der Waals surface area contributed by atoms with Crippen LogP contribution in [0.4, 0.5) is 0 Å². The number of carbonyl (C=O) groups is 2. The molecule has 2 unspecified atom stereocenters. The van der Waals surface area contributed by atoms with E-state index in [4.69, 9.17) is 0 Å². The minimum absolute atomic E-state index is 0.00139. The fraction of sp³-hybridized carbons (Fsp3) is 0.818. The molecule has 2 atom stereocenters. The van der Waals surface area contributed by atoms with E-state index in [-0.39, 0.29) is 23.7 Å². The van der Waals surface area contributed by atoms with E-state index >= 15 is 0 Å². The SMILES string of the molecule is CCC1CC2C(=O)N(CCBr)C(=O)C2C1. The van der Waals surface area contributed by atoms with Gasteiger partial charge >= 0.3 is 0 Å². The highest BCUT2D eigenvalue weighted by molar-refractivity contribution is 9.09. The number of hydrogen-bond acceptors (Lipinski definition) is 2. The molecule has 2 rings (SSSR count). The van der Waals surface area contributed by atoms with Crippen LogP contribution in [0.25, 0.3) is 0 Å². The van der Waals surface area contributed by atoms with Gasteiger partial charge in [-0.15, -0.1) is 0 Å². The molecule has 84 valence electrons. The number of fused-ring (bicyclic) bond motifs is 1. The minimum atomic E-state index is 0.00139. The number of halogens is 1. The largest absolute Gasteiger partial charge is 0.281 e. The van der Waals surface area contributed by atoms with Crippen molar-refractivity contribution in [2.24, 2.45) is 17.8 Å². The van der Waals surface area contributed by atoms with E-state index in [1.54, 1.807) is 0 Å². The zero-order valence-electron chi connectivity index (χ0n) is 8.91. The Morgan fingerprint density at radius 1 is 1.27 bits per heavy atom. The highest BCUT2D eigenvalue weighted by Crippen LogP contribution is 2.44. The quantitative estimate of drug-likeness (QED) is 0.581. The lowest BCUT2D eigenvalue weighted by Gasteiger charge is -2.15. The Kier molecular flexibility index (Phi) is 3.14. The lowest BCUT2D eigenvalue weighted by atomic mass is 10.00. The van der Waals surface area contributed by atoms with Gasteiger partial charge in [-0.05, 0) is 18.8 Å². The maximum Gasteiger partial charge on any atom is 0.233 e. The van der Waals surface area contributed by atoms with Gasteiger partial charge in [0.25, 0.3) is 0 Å². The summed E-state index contributed by atoms with van der Waals surface area (Å²) in [6.07, 6.45) is 2.93. The second kappa shape index (κ2) is 4.24. The molecule has 0 aromatic rings. The first-order valence-corrected chi connectivity index (χ1v) is 6.72. The highest BCUT2D eigenvalue weighted by Gasteiger charge is 2.51. The van der Waals surface area contributed by atoms with Crippen LogP contribution < -0.4 is 0 Å². The monoisotopic (exact) mass is 273 g/mol. The summed E-state index contributed by atoms with van der Waals surface area (Å²) in [5.41, 5.74) is 0. The molecule has 0 spiro atoms. The number of amides is 2. The van der Waals surface area contributed by atoms with Crippen molar-refractivity contribution in [1.29, 1.82) is 0 Å². The lowest BCUT2D eigenvalue weighted by molar-refractivity contribution is -0.140. The molecule has 1 aliphatic heterocycles. The van der Waals surface area contributed by atoms with E-state index in [0.717, 1.165) is 19.3 Å². The van der Waals surface area contributed by atoms with Crippen molar-refractivity contribution in [3.63, 3.8) is 0 Å². The van der Waals surface area contributed by atoms with Crippen molar-refractivity contribution < 1.29 is 9.59 Å². The molecule has 3 nitrogen and oxygen atoms in total. The van der Waals surface area contributed by atoms with Crippen molar-refractivity contribution in [1.82, 2.24) is 4.90 Å². The van der Waals surface area contributed by atoms with Crippen LogP contribution in [-0.4, -0.2) is 28.6 Å². The molecule has 1 heterocycles. The Morgan fingerprint density at radius 2 is 1.80 bits per heavy atom. The Morgan fingerprint density at radius 3 is 2.20 bits per heavy atom. The molecule has 0 aromatic heterocycles. The molecule has 1 aliphatic carbocycles. The second-order valence-electron chi connectivity index (χ2n) is 4.48. The van der Waals surface area contributed by atoms with Gasteiger partial charge in [0, 0.05) is 11.9 Å². The molecule has 0 aromatic carbocycles. The molecular formula is C11H16BrNO2. The van der Waals surface area contributed by atoms with Crippen molar-refractivity contribution in [3.05, 3.63) is 0 Å². The van der Waals surface area contributed by atoms with E-state index < -0.39 is 0 Å². The smallest absolute Gasteiger partial charge is 0.233 e. The van der Waals surface area contributed by atoms with Crippen LogP contribution in [0.1, 0.15) is 26.2 Å². The third-order valence-corrected chi connectivity index (χ3v) is 4.07. The average Bonchev–Trinajstić information content (AvgIpc) is 2.75. The number of hydrogen-bond donors (Lipinski definition) is 0. The fourth-order valence-electron chi connectivity index (χ4n) is 2.84. The van der Waals surface area contributed by atoms with Gasteiger partial charge in [-0.25, -0.2) is 0 Å². The minimum Gasteiger partial charge on any atom is -0.281 e. The van der Waals surface area contributed by atoms with Gasteiger partial charge in [-0.2, -0.15) is 0 Å². The Labute approximate surface area is 98.3 Å². The first-order chi connectivity index (χ1) is 7.19. The third-order valence-electron chi connectivity index (χ3n) is 3.71. The first-order valence-electron chi connectivity index (χ1n) is 5.60. The lowest BCUT2D eigenvalue weighted by Crippen LogP contribution is -2.33. The van der Waals surface area contributed by atoms with Crippen LogP contribution in [0, 0.1) is 17.8 Å². The summed E-state index contributed by atoms with van der Waals surface area (Å²) in [4.78, 5) is 25.3. The van der Waals surface area contributed by atoms with E-state index in [0.29, 0.717) is 17.8 Å². The summed E-state index contributed by atoms with van der Waals surface area (Å²) in [7, 11) is 0. The van der Waals surface area contributed by atoms with Gasteiger partial charge in [0.05, 0.1) is 11.8 Å². The van der Waals surface area contributed by atoms with Gasteiger partial charge in [0.15, 0.2) is 0 Å². The van der Waals surface area contributed by atoms with Crippen molar-refractivity contribution in [3.8, 4) is 0 Å². The standard InChI is InChI=1S/C11H16BrNO2/c1-2-7-5-8-9(6-7)11(15)13(4-3-12)10(8)14/h7-9H,2-6H2,1H3. The van der Waals surface area contributed by atoms with Gasteiger partial charge in [-0.3, -0.25) is 14.5 Å². The molecule has 0 radical (unpaired) electrons. The number of carbonyl (C=O) groups excluding carboxylic acids is 2. The first kappa shape index (κ1) is 11.1. The number of imide groups is 1. The Balaban J connectivity index is 2.11. The fourth-order valence-corrected chi connectivity index (χ4v) is 3.19. The molecule has 2 amide bonds. The van der Waals surface area contributed by atoms with E-state index in [2.05, 4.69) is 22.9 Å². The number of nitrogens with zero attached hydrogens (tertiary/aromatic N) is 1. The number of alkyl halides is 1. The predicted molar refractivity (Wildman–Crippen MR) is 60.5 cm³/mol. The molecule has 0 N–H and O–H groups in total. The summed E-state index contributed by atoms with van der Waals surface area (Å²) < 4.78 is 0. The molecular weight excluding hydrogens is 258 g/mol. The molecule has 15 heavy (non-hydrogen) atoms. The van der Waals surface area contributed by atoms with Crippen LogP contribution in [0.3, 0.4) is 0 Å². The van der Waals surface area contributed by atoms with Gasteiger partial charge in [0.2, 0.25) is 11.8 Å². The Bertz CT molecular complexity index is 268. The van der Waals surface area contributed by atoms with Crippen LogP contribution in [0.5, 0.6) is 0 Å². The molecule has 1 saturated carbocycles. The van der Waals surface area contributed by atoms with Gasteiger partial charge < -0.3 is 0 Å². The molecule has 2 fully saturated rings. The summed E-state index contributed by atoms with van der Waals surface area (Å²) in [5, 5.41) is 0.682. The maximum atomic E-state index is 11.9. The number of rotatable bonds is 3. The number of likely N-dealkylation sites (tertiary alicyclic amines) is 1. The second-order valence-corrected chi connectivity index (χ2v) is 5.27. The maximum absolute atomic E-state index is 11.9. The van der Waals surface area contributed by atoms with E-state index in [1.807, 2.05) is 0 Å². The van der Waals surface area contributed by atoms with Crippen LogP contribution in [-0.2, 0) is 9.59 Å². The highest BCUT2D eigenvalue weighted by atomic mass is 79.9. The van der Waals surface area contributed by atoms with Gasteiger partial charge in [-0.1, -0.05) is 29.3 Å². The molecule has 2 aliphatic rings. The van der Waals surface area contributed by atoms with Crippen molar-refractivity contribution >= 4 is 27.7 Å². The van der Waals surface area contributed by atoms with Crippen LogP contribution >= 0.6 is 15.9 Å². The molecule has 4 heteroatoms. The average molecular weight is 274 g/mol. The Hall–Kier alpha value is -0.380. The summed E-state index contributed by atoms with van der Waals surface area (Å²) in [6.45, 7) is 2.67. The zero-order chi connectivity index (χ0) is 11.0. The van der Waals surface area contributed by atoms with Gasteiger partial charge in [0.1, 0.15) is 0 Å².